The summed E-state index contributed by atoms with van der Waals surface area (Å²) in [5, 5.41) is 14.4. The minimum absolute atomic E-state index is 0.0479. The van der Waals surface area contributed by atoms with Gasteiger partial charge in [-0.15, -0.1) is 0 Å². The highest BCUT2D eigenvalue weighted by Gasteiger charge is 2.48. The lowest BCUT2D eigenvalue weighted by atomic mass is 9.88. The first kappa shape index (κ1) is 56.8. The van der Waals surface area contributed by atoms with Crippen molar-refractivity contribution < 1.29 is 47.3 Å². The Morgan fingerprint density at radius 2 is 1.64 bits per heavy atom. The molecule has 87 heavy (non-hydrogen) atoms. The standard InChI is InChI=1S/C65H75FN12O9/c1-37-32-73(33-40-12-17-46-51(27-40)71-72(6)60(46)75-21-18-53(79)68-63(75)81)22-23-74(37)61(80)42-13-10-39(11-14-42)36-85-58-56(55-38(2)50(66)30-52-49(55)31-67-78(52)54-9-7-8-24-84-54)47(41-15-16-41)29-48-57(58)69-62(86-45-19-25-83-26-20-45)70-59(48)76-34-44-28-43(76)35-77(44)64(82)87-65(3,4)5/h10-14,17,27,29-31,37,41,43-45,54H,7-9,15-16,18-26,28,32-36H2,1-6H3,(H,68,79,81)/t37-,43-,44-,54?/m0/s1. The number of nitrogens with zero attached hydrogens (tertiary/aromatic N) is 11. The van der Waals surface area contributed by atoms with Gasteiger partial charge in [0.1, 0.15) is 41.3 Å². The van der Waals surface area contributed by atoms with E-state index in [0.717, 1.165) is 82.5 Å². The zero-order chi connectivity index (χ0) is 60.0. The van der Waals surface area contributed by atoms with Crippen molar-refractivity contribution in [1.29, 1.82) is 0 Å². The van der Waals surface area contributed by atoms with Gasteiger partial charge in [-0.05, 0) is 132 Å². The molecule has 456 valence electrons. The number of carbonyl (C=O) groups excluding carboxylic acids is 4. The Morgan fingerprint density at radius 1 is 0.839 bits per heavy atom. The Balaban J connectivity index is 0.776. The van der Waals surface area contributed by atoms with Crippen LogP contribution in [0.4, 0.5) is 25.6 Å². The van der Waals surface area contributed by atoms with Gasteiger partial charge in [0, 0.05) is 124 Å². The van der Waals surface area contributed by atoms with Gasteiger partial charge in [0.25, 0.3) is 5.91 Å². The fraction of sp³-hybridized carbons (Fsp3) is 0.508. The summed E-state index contributed by atoms with van der Waals surface area (Å²) in [7, 11) is 1.80. The lowest BCUT2D eigenvalue weighted by molar-refractivity contribution is -0.120. The molecule has 7 aliphatic rings. The number of piperazine rings is 2. The Morgan fingerprint density at radius 3 is 2.37 bits per heavy atom. The quantitative estimate of drug-likeness (QED) is 0.114. The number of amides is 5. The van der Waals surface area contributed by atoms with Gasteiger partial charge >= 0.3 is 18.1 Å². The summed E-state index contributed by atoms with van der Waals surface area (Å²) >= 11 is 0. The maximum Gasteiger partial charge on any atom is 0.410 e. The maximum atomic E-state index is 16.9. The SMILES string of the molecule is Cc1c(F)cc2c(cnn2C2CCCCO2)c1-c1c(C2CC2)cc2c(N3C[C@@H]4C[C@H]3CN4C(=O)OC(C)(C)C)nc(OC3CCOCC3)nc2c1OCc1ccc(C(=O)N2CCN(Cc3ccc4c(N5CCC(=O)NC5=O)n(C)nc4c3)C[C@@H]2C)cc1. The second kappa shape index (κ2) is 22.6. The minimum Gasteiger partial charge on any atom is -0.486 e. The van der Waals surface area contributed by atoms with Gasteiger partial charge in [0.05, 0.1) is 42.5 Å². The van der Waals surface area contributed by atoms with E-state index in [1.54, 1.807) is 22.7 Å². The van der Waals surface area contributed by atoms with Gasteiger partial charge in [0.2, 0.25) is 5.91 Å². The average Bonchev–Trinajstić information content (AvgIpc) is 1.75. The number of aryl methyl sites for hydroxylation is 1. The number of aromatic nitrogens is 6. The number of rotatable bonds is 13. The van der Waals surface area contributed by atoms with Crippen molar-refractivity contribution in [1.82, 2.24) is 49.5 Å². The summed E-state index contributed by atoms with van der Waals surface area (Å²) in [6.45, 7) is 15.2. The third kappa shape index (κ3) is 10.9. The lowest BCUT2D eigenvalue weighted by Crippen LogP contribution is -2.53. The summed E-state index contributed by atoms with van der Waals surface area (Å²) < 4.78 is 52.4. The van der Waals surface area contributed by atoms with Crippen molar-refractivity contribution in [2.45, 2.75) is 148 Å². The Kier molecular flexibility index (Phi) is 14.8. The topological polar surface area (TPSA) is 204 Å². The largest absolute Gasteiger partial charge is 0.486 e. The molecule has 21 nitrogen and oxygen atoms in total. The minimum atomic E-state index is -0.633. The highest BCUT2D eigenvalue weighted by atomic mass is 19.1. The first-order valence-corrected chi connectivity index (χ1v) is 31.0. The number of hydrogen-bond donors (Lipinski definition) is 1. The first-order valence-electron chi connectivity index (χ1n) is 31.0. The number of halogens is 1. The number of benzene rings is 4. The Hall–Kier alpha value is -7.95. The second-order valence-electron chi connectivity index (χ2n) is 25.8. The van der Waals surface area contributed by atoms with E-state index in [1.165, 1.54) is 0 Å². The lowest BCUT2D eigenvalue weighted by Gasteiger charge is -2.40. The molecule has 9 heterocycles. The van der Waals surface area contributed by atoms with Gasteiger partial charge in [0.15, 0.2) is 12.0 Å². The normalized spacial score (nSPS) is 22.3. The molecule has 1 aliphatic carbocycles. The van der Waals surface area contributed by atoms with Crippen LogP contribution in [0.3, 0.4) is 0 Å². The monoisotopic (exact) mass is 1190 g/mol. The summed E-state index contributed by atoms with van der Waals surface area (Å²) in [5.74, 6) is 1.27. The molecule has 3 aromatic heterocycles. The predicted molar refractivity (Wildman–Crippen MR) is 323 cm³/mol. The maximum absolute atomic E-state index is 16.9. The number of likely N-dealkylation sites (tertiary alicyclic amines) is 1. The van der Waals surface area contributed by atoms with Crippen molar-refractivity contribution in [3.8, 4) is 22.9 Å². The molecule has 0 spiro atoms. The number of nitrogens with one attached hydrogen (secondary N) is 1. The number of urea groups is 1. The van der Waals surface area contributed by atoms with Gasteiger partial charge in [-0.3, -0.25) is 29.4 Å². The number of hydrogen-bond acceptors (Lipinski definition) is 15. The third-order valence-corrected chi connectivity index (χ3v) is 18.5. The fourth-order valence-electron chi connectivity index (χ4n) is 14.0. The summed E-state index contributed by atoms with van der Waals surface area (Å²) in [5.41, 5.74) is 6.68. The fourth-order valence-corrected chi connectivity index (χ4v) is 14.0. The van der Waals surface area contributed by atoms with E-state index >= 15 is 4.39 Å². The average molecular weight is 1190 g/mol. The third-order valence-electron chi connectivity index (χ3n) is 18.5. The van der Waals surface area contributed by atoms with E-state index < -0.39 is 11.6 Å². The van der Waals surface area contributed by atoms with Crippen molar-refractivity contribution in [3.63, 3.8) is 0 Å². The van der Waals surface area contributed by atoms with Gasteiger partial charge in [-0.2, -0.15) is 20.2 Å². The number of imide groups is 1. The van der Waals surface area contributed by atoms with Crippen LogP contribution < -0.4 is 24.6 Å². The van der Waals surface area contributed by atoms with Crippen molar-refractivity contribution in [2.24, 2.45) is 7.05 Å². The van der Waals surface area contributed by atoms with Gasteiger partial charge < -0.3 is 38.4 Å². The molecule has 6 aliphatic heterocycles. The van der Waals surface area contributed by atoms with Gasteiger partial charge in [-0.1, -0.05) is 18.2 Å². The molecule has 22 heteroatoms. The highest BCUT2D eigenvalue weighted by Crippen LogP contribution is 2.54. The van der Waals surface area contributed by atoms with Crippen molar-refractivity contribution in [3.05, 3.63) is 94.4 Å². The van der Waals surface area contributed by atoms with Crippen molar-refractivity contribution >= 4 is 68.3 Å². The van der Waals surface area contributed by atoms with Crippen LogP contribution in [0.25, 0.3) is 43.8 Å². The van der Waals surface area contributed by atoms with Crippen LogP contribution in [-0.4, -0.2) is 157 Å². The second-order valence-corrected chi connectivity index (χ2v) is 25.8. The predicted octanol–water partition coefficient (Wildman–Crippen LogP) is 9.68. The number of anilines is 2. The molecule has 1 unspecified atom stereocenters. The molecule has 1 N–H and O–H groups in total. The smallest absolute Gasteiger partial charge is 0.410 e. The molecule has 7 aromatic rings. The molecular weight excluding hydrogens is 1110 g/mol. The zero-order valence-electron chi connectivity index (χ0n) is 50.4. The van der Waals surface area contributed by atoms with E-state index in [-0.39, 0.29) is 85.7 Å². The van der Waals surface area contributed by atoms with Crippen LogP contribution in [0.15, 0.2) is 60.8 Å². The van der Waals surface area contributed by atoms with Crippen molar-refractivity contribution in [2.75, 3.05) is 68.9 Å². The zero-order valence-corrected chi connectivity index (χ0v) is 50.4. The summed E-state index contributed by atoms with van der Waals surface area (Å²) in [4.78, 5) is 73.2. The first-order chi connectivity index (χ1) is 42.0. The summed E-state index contributed by atoms with van der Waals surface area (Å²) in [6.07, 6.45) is 7.93. The molecule has 4 aromatic carbocycles. The van der Waals surface area contributed by atoms with E-state index in [9.17, 15) is 19.2 Å². The molecule has 14 rings (SSSR count). The van der Waals surface area contributed by atoms with E-state index in [1.807, 2.05) is 84.8 Å². The summed E-state index contributed by atoms with van der Waals surface area (Å²) in [6, 6.07) is 17.0. The number of ether oxygens (including phenoxy) is 5. The van der Waals surface area contributed by atoms with Crippen LogP contribution in [0.1, 0.15) is 130 Å². The molecule has 2 bridgehead atoms. The van der Waals surface area contributed by atoms with Gasteiger partial charge in [-0.25, -0.2) is 18.7 Å². The molecule has 0 radical (unpaired) electrons. The molecule has 7 fully saturated rings. The Labute approximate surface area is 503 Å². The van der Waals surface area contributed by atoms with E-state index in [0.29, 0.717) is 117 Å². The van der Waals surface area contributed by atoms with Crippen LogP contribution in [0, 0.1) is 12.7 Å². The van der Waals surface area contributed by atoms with Crippen LogP contribution in [0.2, 0.25) is 0 Å². The van der Waals surface area contributed by atoms with Crippen LogP contribution >= 0.6 is 0 Å². The molecule has 1 saturated carbocycles. The number of carbonyl (C=O) groups is 4. The van der Waals surface area contributed by atoms with E-state index in [4.69, 9.17) is 43.8 Å². The number of fused-ring (bicyclic) bond motifs is 5. The molecule has 4 atom stereocenters. The highest BCUT2D eigenvalue weighted by molar-refractivity contribution is 6.09. The molecule has 5 amide bonds. The molecule has 6 saturated heterocycles. The van der Waals surface area contributed by atoms with Crippen LogP contribution in [-0.2, 0) is 39.2 Å². The molecular formula is C65H75FN12O9. The van der Waals surface area contributed by atoms with Crippen LogP contribution in [0.5, 0.6) is 11.8 Å². The van der Waals surface area contributed by atoms with E-state index in [2.05, 4.69) is 34.2 Å². The Bertz CT molecular complexity index is 3870.